The first-order chi connectivity index (χ1) is 13.1. The summed E-state index contributed by atoms with van der Waals surface area (Å²) in [5.41, 5.74) is 0.296. The van der Waals surface area contributed by atoms with Crippen molar-refractivity contribution in [2.75, 3.05) is 24.7 Å². The average molecular weight is 390 g/mol. The summed E-state index contributed by atoms with van der Waals surface area (Å²) >= 11 is 1.25. The molecule has 0 spiro atoms. The molecule has 27 heavy (non-hydrogen) atoms. The molecule has 2 heterocycles. The molecular formula is C19H24FN5OS. The number of carbonyl (C=O) groups excluding carboxylic acids is 1. The standard InChI is InChI=1S/C19H24FN5OS/c20-16-8-4-3-7-15(16)18-22-23-19(25(18)21)27-12-17(26)24-10-9-13-5-1-2-6-14(13)11-24/h3-4,7-8,13-14H,1-2,5-6,9-12,21H2/t13-,14+/m0/s1. The van der Waals surface area contributed by atoms with Crippen molar-refractivity contribution in [2.45, 2.75) is 37.3 Å². The third-order valence-electron chi connectivity index (χ3n) is 5.75. The van der Waals surface area contributed by atoms with E-state index in [1.165, 1.54) is 48.2 Å². The lowest BCUT2D eigenvalue weighted by Crippen LogP contribution is -2.45. The van der Waals surface area contributed by atoms with Crippen LogP contribution in [0.25, 0.3) is 11.4 Å². The van der Waals surface area contributed by atoms with Crippen LogP contribution < -0.4 is 5.84 Å². The van der Waals surface area contributed by atoms with Gasteiger partial charge in [-0.25, -0.2) is 9.07 Å². The SMILES string of the molecule is Nn1c(SCC(=O)N2CC[C@@H]3CCCC[C@@H]3C2)nnc1-c1ccccc1F. The molecule has 1 aromatic heterocycles. The maximum atomic E-state index is 14.0. The van der Waals surface area contributed by atoms with Gasteiger partial charge < -0.3 is 10.7 Å². The average Bonchev–Trinajstić information content (AvgIpc) is 3.06. The number of fused-ring (bicyclic) bond motifs is 1. The van der Waals surface area contributed by atoms with Gasteiger partial charge in [0.25, 0.3) is 0 Å². The van der Waals surface area contributed by atoms with Crippen LogP contribution in [0.4, 0.5) is 4.39 Å². The first-order valence-electron chi connectivity index (χ1n) is 9.49. The van der Waals surface area contributed by atoms with Crippen LogP contribution in [-0.2, 0) is 4.79 Å². The first-order valence-corrected chi connectivity index (χ1v) is 10.5. The minimum absolute atomic E-state index is 0.111. The van der Waals surface area contributed by atoms with Gasteiger partial charge in [0.2, 0.25) is 11.1 Å². The van der Waals surface area contributed by atoms with Crippen molar-refractivity contribution in [3.8, 4) is 11.4 Å². The number of nitrogens with zero attached hydrogens (tertiary/aromatic N) is 4. The minimum atomic E-state index is -0.403. The van der Waals surface area contributed by atoms with Gasteiger partial charge in [0.05, 0.1) is 11.3 Å². The van der Waals surface area contributed by atoms with E-state index >= 15 is 0 Å². The van der Waals surface area contributed by atoms with Crippen LogP contribution in [0, 0.1) is 17.7 Å². The predicted molar refractivity (Wildman–Crippen MR) is 103 cm³/mol. The highest BCUT2D eigenvalue weighted by atomic mass is 32.2. The number of carbonyl (C=O) groups is 1. The van der Waals surface area contributed by atoms with Gasteiger partial charge in [-0.1, -0.05) is 43.2 Å². The van der Waals surface area contributed by atoms with E-state index in [1.54, 1.807) is 18.2 Å². The van der Waals surface area contributed by atoms with Gasteiger partial charge in [-0.05, 0) is 36.8 Å². The van der Waals surface area contributed by atoms with E-state index in [4.69, 9.17) is 5.84 Å². The van der Waals surface area contributed by atoms with E-state index < -0.39 is 5.82 Å². The zero-order valence-corrected chi connectivity index (χ0v) is 16.0. The van der Waals surface area contributed by atoms with Crippen LogP contribution in [0.2, 0.25) is 0 Å². The molecule has 1 saturated carbocycles. The summed E-state index contributed by atoms with van der Waals surface area (Å²) in [6.07, 6.45) is 6.29. The Morgan fingerprint density at radius 3 is 2.78 bits per heavy atom. The van der Waals surface area contributed by atoms with Gasteiger partial charge >= 0.3 is 0 Å². The van der Waals surface area contributed by atoms with E-state index in [-0.39, 0.29) is 17.5 Å². The number of aromatic nitrogens is 3. The van der Waals surface area contributed by atoms with Crippen molar-refractivity contribution in [1.82, 2.24) is 19.8 Å². The Bertz CT molecular complexity index is 826. The largest absolute Gasteiger partial charge is 0.342 e. The summed E-state index contributed by atoms with van der Waals surface area (Å²) in [5, 5.41) is 8.43. The molecule has 1 aliphatic carbocycles. The fourth-order valence-electron chi connectivity index (χ4n) is 4.25. The molecule has 6 nitrogen and oxygen atoms in total. The second-order valence-corrected chi connectivity index (χ2v) is 8.32. The highest BCUT2D eigenvalue weighted by Gasteiger charge is 2.32. The lowest BCUT2D eigenvalue weighted by molar-refractivity contribution is -0.131. The Labute approximate surface area is 162 Å². The van der Waals surface area contributed by atoms with Crippen LogP contribution in [0.3, 0.4) is 0 Å². The number of rotatable bonds is 4. The summed E-state index contributed by atoms with van der Waals surface area (Å²) in [7, 11) is 0. The number of thioether (sulfide) groups is 1. The van der Waals surface area contributed by atoms with Crippen molar-refractivity contribution in [3.63, 3.8) is 0 Å². The maximum absolute atomic E-state index is 14.0. The first kappa shape index (κ1) is 18.3. The lowest BCUT2D eigenvalue weighted by Gasteiger charge is -2.41. The molecule has 2 aliphatic rings. The molecule has 2 fully saturated rings. The Hall–Kier alpha value is -2.09. The number of hydrogen-bond donors (Lipinski definition) is 1. The molecule has 1 aromatic carbocycles. The topological polar surface area (TPSA) is 77.0 Å². The van der Waals surface area contributed by atoms with E-state index in [9.17, 15) is 9.18 Å². The van der Waals surface area contributed by atoms with Gasteiger partial charge in [-0.15, -0.1) is 10.2 Å². The number of nitrogens with two attached hydrogens (primary N) is 1. The molecule has 2 N–H and O–H groups in total. The van der Waals surface area contributed by atoms with Gasteiger partial charge in [-0.3, -0.25) is 4.79 Å². The van der Waals surface area contributed by atoms with Crippen LogP contribution >= 0.6 is 11.8 Å². The zero-order valence-electron chi connectivity index (χ0n) is 15.2. The van der Waals surface area contributed by atoms with Crippen molar-refractivity contribution in [3.05, 3.63) is 30.1 Å². The summed E-state index contributed by atoms with van der Waals surface area (Å²) in [6.45, 7) is 1.72. The minimum Gasteiger partial charge on any atom is -0.342 e. The molecule has 0 radical (unpaired) electrons. The van der Waals surface area contributed by atoms with Crippen LogP contribution in [0.1, 0.15) is 32.1 Å². The smallest absolute Gasteiger partial charge is 0.233 e. The van der Waals surface area contributed by atoms with Crippen molar-refractivity contribution in [1.29, 1.82) is 0 Å². The van der Waals surface area contributed by atoms with Gasteiger partial charge in [-0.2, -0.15) is 0 Å². The number of hydrogen-bond acceptors (Lipinski definition) is 5. The predicted octanol–water partition coefficient (Wildman–Crippen LogP) is 2.93. The number of amides is 1. The molecule has 144 valence electrons. The second kappa shape index (κ2) is 7.88. The Balaban J connectivity index is 1.38. The molecule has 1 aliphatic heterocycles. The third kappa shape index (κ3) is 3.81. The van der Waals surface area contributed by atoms with Crippen LogP contribution in [0.15, 0.2) is 29.4 Å². The number of benzene rings is 1. The molecule has 1 amide bonds. The highest BCUT2D eigenvalue weighted by Crippen LogP contribution is 2.36. The lowest BCUT2D eigenvalue weighted by atomic mass is 9.75. The fraction of sp³-hybridized carbons (Fsp3) is 0.526. The maximum Gasteiger partial charge on any atom is 0.233 e. The van der Waals surface area contributed by atoms with E-state index in [0.29, 0.717) is 16.6 Å². The number of likely N-dealkylation sites (tertiary alicyclic amines) is 1. The van der Waals surface area contributed by atoms with Crippen LogP contribution in [-0.4, -0.2) is 44.5 Å². The quantitative estimate of drug-likeness (QED) is 0.643. The Morgan fingerprint density at radius 2 is 1.96 bits per heavy atom. The van der Waals surface area contributed by atoms with Crippen molar-refractivity contribution in [2.24, 2.45) is 11.8 Å². The monoisotopic (exact) mass is 389 g/mol. The van der Waals surface area contributed by atoms with Gasteiger partial charge in [0, 0.05) is 13.1 Å². The molecule has 2 aromatic rings. The van der Waals surface area contributed by atoms with Crippen molar-refractivity contribution < 1.29 is 9.18 Å². The summed E-state index contributed by atoms with van der Waals surface area (Å²) in [5.74, 6) is 7.72. The van der Waals surface area contributed by atoms with Gasteiger partial charge in [0.1, 0.15) is 5.82 Å². The van der Waals surface area contributed by atoms with Crippen molar-refractivity contribution >= 4 is 17.7 Å². The van der Waals surface area contributed by atoms with E-state index in [1.807, 2.05) is 4.90 Å². The molecular weight excluding hydrogens is 365 g/mol. The number of piperidine rings is 1. The summed E-state index contributed by atoms with van der Waals surface area (Å²) < 4.78 is 15.2. The number of halogens is 1. The normalized spacial score (nSPS) is 22.5. The van der Waals surface area contributed by atoms with Crippen LogP contribution in [0.5, 0.6) is 0 Å². The Kier molecular flexibility index (Phi) is 5.33. The second-order valence-electron chi connectivity index (χ2n) is 7.38. The van der Waals surface area contributed by atoms with E-state index in [0.717, 1.165) is 25.4 Å². The molecule has 8 heteroatoms. The molecule has 4 rings (SSSR count). The van der Waals surface area contributed by atoms with E-state index in [2.05, 4.69) is 10.2 Å². The summed E-state index contributed by atoms with van der Waals surface area (Å²) in [4.78, 5) is 14.6. The molecule has 0 bridgehead atoms. The number of nitrogen functional groups attached to an aromatic ring is 1. The zero-order chi connectivity index (χ0) is 18.8. The molecule has 1 saturated heterocycles. The molecule has 2 atom stereocenters. The third-order valence-corrected chi connectivity index (χ3v) is 6.68. The summed E-state index contributed by atoms with van der Waals surface area (Å²) in [6, 6.07) is 6.30. The van der Waals surface area contributed by atoms with Gasteiger partial charge in [0.15, 0.2) is 5.82 Å². The Morgan fingerprint density at radius 1 is 1.19 bits per heavy atom. The fourth-order valence-corrected chi connectivity index (χ4v) is 5.01. The molecule has 0 unspecified atom stereocenters. The highest BCUT2D eigenvalue weighted by molar-refractivity contribution is 7.99.